The minimum atomic E-state index is 0.203. The van der Waals surface area contributed by atoms with E-state index in [4.69, 9.17) is 0 Å². The van der Waals surface area contributed by atoms with Gasteiger partial charge in [-0.1, -0.05) is 13.8 Å². The Labute approximate surface area is 92.2 Å². The van der Waals surface area contributed by atoms with Crippen molar-refractivity contribution < 1.29 is 4.79 Å². The largest absolute Gasteiger partial charge is 0.342 e. The molecular formula is C12H22N2O. The van der Waals surface area contributed by atoms with Crippen LogP contribution in [-0.2, 0) is 4.79 Å². The van der Waals surface area contributed by atoms with Crippen LogP contribution in [0.15, 0.2) is 0 Å². The van der Waals surface area contributed by atoms with Crippen LogP contribution in [0.5, 0.6) is 0 Å². The molecule has 86 valence electrons. The van der Waals surface area contributed by atoms with Crippen LogP contribution in [0.3, 0.4) is 0 Å². The number of rotatable bonds is 2. The van der Waals surface area contributed by atoms with Gasteiger partial charge in [0.1, 0.15) is 0 Å². The summed E-state index contributed by atoms with van der Waals surface area (Å²) in [5.74, 6) is 0.566. The van der Waals surface area contributed by atoms with Crippen molar-refractivity contribution in [2.45, 2.75) is 33.1 Å². The summed E-state index contributed by atoms with van der Waals surface area (Å²) in [6.45, 7) is 8.34. The van der Waals surface area contributed by atoms with Crippen LogP contribution in [-0.4, -0.2) is 37.0 Å². The second-order valence-electron chi connectivity index (χ2n) is 5.25. The topological polar surface area (TPSA) is 32.3 Å². The maximum Gasteiger partial charge on any atom is 0.225 e. The van der Waals surface area contributed by atoms with E-state index in [0.717, 1.165) is 32.6 Å². The highest BCUT2D eigenvalue weighted by Gasteiger charge is 2.42. The van der Waals surface area contributed by atoms with E-state index in [-0.39, 0.29) is 5.92 Å². The molecule has 1 amide bonds. The molecule has 3 nitrogen and oxygen atoms in total. The minimum Gasteiger partial charge on any atom is -0.342 e. The predicted molar refractivity (Wildman–Crippen MR) is 60.6 cm³/mol. The monoisotopic (exact) mass is 210 g/mol. The second kappa shape index (κ2) is 4.12. The fraction of sp³-hybridized carbons (Fsp3) is 0.917. The van der Waals surface area contributed by atoms with Gasteiger partial charge in [0.15, 0.2) is 0 Å². The number of hydrogen-bond donors (Lipinski definition) is 1. The number of hydrogen-bond acceptors (Lipinski definition) is 2. The predicted octanol–water partition coefficient (Wildman–Crippen LogP) is 1.24. The van der Waals surface area contributed by atoms with Crippen LogP contribution in [0.1, 0.15) is 33.1 Å². The summed E-state index contributed by atoms with van der Waals surface area (Å²) in [5, 5.41) is 3.42. The molecular weight excluding hydrogens is 188 g/mol. The molecule has 3 heteroatoms. The first-order chi connectivity index (χ1) is 7.17. The van der Waals surface area contributed by atoms with E-state index < -0.39 is 0 Å². The average Bonchev–Trinajstić information content (AvgIpc) is 2.88. The van der Waals surface area contributed by atoms with Crippen molar-refractivity contribution in [2.75, 3.05) is 26.2 Å². The molecule has 2 aliphatic rings. The second-order valence-corrected chi connectivity index (χ2v) is 5.25. The summed E-state index contributed by atoms with van der Waals surface area (Å²) in [7, 11) is 0. The zero-order valence-corrected chi connectivity index (χ0v) is 9.88. The Morgan fingerprint density at radius 3 is 2.93 bits per heavy atom. The van der Waals surface area contributed by atoms with Crippen molar-refractivity contribution in [1.82, 2.24) is 10.2 Å². The Bertz CT molecular complexity index is 246. The van der Waals surface area contributed by atoms with Gasteiger partial charge in [-0.25, -0.2) is 0 Å². The highest BCUT2D eigenvalue weighted by atomic mass is 16.2. The molecule has 2 saturated heterocycles. The van der Waals surface area contributed by atoms with Crippen molar-refractivity contribution >= 4 is 5.91 Å². The quantitative estimate of drug-likeness (QED) is 0.744. The molecule has 1 N–H and O–H groups in total. The van der Waals surface area contributed by atoms with E-state index in [1.165, 1.54) is 12.8 Å². The van der Waals surface area contributed by atoms with E-state index in [2.05, 4.69) is 17.1 Å². The van der Waals surface area contributed by atoms with E-state index in [1.54, 1.807) is 0 Å². The van der Waals surface area contributed by atoms with Gasteiger partial charge in [0.2, 0.25) is 5.91 Å². The summed E-state index contributed by atoms with van der Waals surface area (Å²) in [4.78, 5) is 14.1. The highest BCUT2D eigenvalue weighted by Crippen LogP contribution is 2.36. The Morgan fingerprint density at radius 2 is 2.33 bits per heavy atom. The Kier molecular flexibility index (Phi) is 3.01. The van der Waals surface area contributed by atoms with Gasteiger partial charge < -0.3 is 10.2 Å². The molecule has 0 aromatic heterocycles. The average molecular weight is 210 g/mol. The smallest absolute Gasteiger partial charge is 0.225 e. The lowest BCUT2D eigenvalue weighted by Crippen LogP contribution is -2.36. The molecule has 0 radical (unpaired) electrons. The lowest BCUT2D eigenvalue weighted by atomic mass is 9.86. The first-order valence-electron chi connectivity index (χ1n) is 6.16. The molecule has 2 heterocycles. The van der Waals surface area contributed by atoms with E-state index in [9.17, 15) is 4.79 Å². The van der Waals surface area contributed by atoms with Crippen LogP contribution in [0.25, 0.3) is 0 Å². The van der Waals surface area contributed by atoms with Gasteiger partial charge in [-0.2, -0.15) is 0 Å². The number of nitrogens with one attached hydrogen (secondary N) is 1. The molecule has 2 rings (SSSR count). The molecule has 0 aromatic carbocycles. The van der Waals surface area contributed by atoms with Crippen LogP contribution >= 0.6 is 0 Å². The highest BCUT2D eigenvalue weighted by molar-refractivity contribution is 5.78. The molecule has 2 aliphatic heterocycles. The van der Waals surface area contributed by atoms with Gasteiger partial charge in [0, 0.05) is 31.0 Å². The number of likely N-dealkylation sites (tertiary alicyclic amines) is 1. The number of nitrogens with zero attached hydrogens (tertiary/aromatic N) is 1. The third-order valence-electron chi connectivity index (χ3n) is 4.12. The van der Waals surface area contributed by atoms with E-state index in [1.807, 2.05) is 6.92 Å². The minimum absolute atomic E-state index is 0.203. The van der Waals surface area contributed by atoms with Crippen LogP contribution < -0.4 is 5.32 Å². The van der Waals surface area contributed by atoms with Gasteiger partial charge in [-0.3, -0.25) is 4.79 Å². The maximum atomic E-state index is 12.0. The van der Waals surface area contributed by atoms with Crippen molar-refractivity contribution in [3.63, 3.8) is 0 Å². The third kappa shape index (κ3) is 2.03. The zero-order chi connectivity index (χ0) is 10.9. The first-order valence-corrected chi connectivity index (χ1v) is 6.16. The summed E-state index contributed by atoms with van der Waals surface area (Å²) in [6.07, 6.45) is 3.40. The summed E-state index contributed by atoms with van der Waals surface area (Å²) in [5.41, 5.74) is 0.420. The van der Waals surface area contributed by atoms with Crippen LogP contribution in [0, 0.1) is 11.3 Å². The summed E-state index contributed by atoms with van der Waals surface area (Å²) >= 11 is 0. The van der Waals surface area contributed by atoms with Crippen molar-refractivity contribution in [1.29, 1.82) is 0 Å². The van der Waals surface area contributed by atoms with E-state index >= 15 is 0 Å². The molecule has 0 bridgehead atoms. The first kappa shape index (κ1) is 10.9. The summed E-state index contributed by atoms with van der Waals surface area (Å²) in [6, 6.07) is 0. The normalized spacial score (nSPS) is 32.5. The molecule has 2 atom stereocenters. The van der Waals surface area contributed by atoms with E-state index in [0.29, 0.717) is 11.3 Å². The molecule has 0 saturated carbocycles. The number of carbonyl (C=O) groups is 1. The standard InChI is InChI=1S/C12H22N2O/c1-3-10(2)11(15)14-7-5-12(9-14)4-6-13-8-12/h10,13H,3-9H2,1-2H3. The number of carbonyl (C=O) groups excluding carboxylic acids is 1. The van der Waals surface area contributed by atoms with Gasteiger partial charge in [-0.15, -0.1) is 0 Å². The van der Waals surface area contributed by atoms with Crippen molar-refractivity contribution in [3.05, 3.63) is 0 Å². The molecule has 15 heavy (non-hydrogen) atoms. The Morgan fingerprint density at radius 1 is 1.53 bits per heavy atom. The molecule has 2 fully saturated rings. The van der Waals surface area contributed by atoms with Crippen LogP contribution in [0.4, 0.5) is 0 Å². The molecule has 2 unspecified atom stereocenters. The SMILES string of the molecule is CCC(C)C(=O)N1CCC2(CCNC2)C1. The van der Waals surface area contributed by atoms with Crippen LogP contribution in [0.2, 0.25) is 0 Å². The molecule has 0 aromatic rings. The van der Waals surface area contributed by atoms with Gasteiger partial charge >= 0.3 is 0 Å². The molecule has 1 spiro atoms. The Balaban J connectivity index is 1.94. The Hall–Kier alpha value is -0.570. The van der Waals surface area contributed by atoms with Crippen molar-refractivity contribution in [3.8, 4) is 0 Å². The van der Waals surface area contributed by atoms with Gasteiger partial charge in [0.25, 0.3) is 0 Å². The summed E-state index contributed by atoms with van der Waals surface area (Å²) < 4.78 is 0. The fourth-order valence-corrected chi connectivity index (χ4v) is 2.75. The third-order valence-corrected chi connectivity index (χ3v) is 4.12. The maximum absolute atomic E-state index is 12.0. The zero-order valence-electron chi connectivity index (χ0n) is 9.88. The fourth-order valence-electron chi connectivity index (χ4n) is 2.75. The van der Waals surface area contributed by atoms with Gasteiger partial charge in [0.05, 0.1) is 0 Å². The van der Waals surface area contributed by atoms with Crippen molar-refractivity contribution in [2.24, 2.45) is 11.3 Å². The lowest BCUT2D eigenvalue weighted by molar-refractivity contribution is -0.134. The lowest BCUT2D eigenvalue weighted by Gasteiger charge is -2.24. The molecule has 0 aliphatic carbocycles. The number of amides is 1. The van der Waals surface area contributed by atoms with Gasteiger partial charge in [-0.05, 0) is 25.8 Å².